The molecule has 176 valence electrons. The van der Waals surface area contributed by atoms with E-state index < -0.39 is 8.07 Å². The minimum Gasteiger partial charge on any atom is -0.228 e. The molecule has 0 spiro atoms. The molecule has 1 aliphatic rings. The van der Waals surface area contributed by atoms with Crippen LogP contribution in [0.4, 0.5) is 0 Å². The largest absolute Gasteiger partial charge is 0.228 e. The molecule has 0 unspecified atom stereocenters. The molecule has 2 heterocycles. The summed E-state index contributed by atoms with van der Waals surface area (Å²) in [6.45, 7) is 4.88. The van der Waals surface area contributed by atoms with Crippen LogP contribution in [0.5, 0.6) is 0 Å². The third-order valence-corrected chi connectivity index (χ3v) is 11.1. The molecular weight excluding hydrogens is 464 g/mol. The molecular formula is C34H26N2Si. The van der Waals surface area contributed by atoms with Gasteiger partial charge in [-0.15, -0.1) is 0 Å². The van der Waals surface area contributed by atoms with Crippen molar-refractivity contribution >= 4 is 29.2 Å². The summed E-state index contributed by atoms with van der Waals surface area (Å²) in [6, 6.07) is 43.1. The van der Waals surface area contributed by atoms with Gasteiger partial charge >= 0.3 is 0 Å². The van der Waals surface area contributed by atoms with E-state index in [1.807, 2.05) is 6.07 Å². The van der Waals surface area contributed by atoms with Crippen LogP contribution in [-0.2, 0) is 0 Å². The maximum Gasteiger partial charge on any atom is 0.160 e. The first kappa shape index (κ1) is 21.9. The Kier molecular flexibility index (Phi) is 4.95. The smallest absolute Gasteiger partial charge is 0.160 e. The van der Waals surface area contributed by atoms with Crippen LogP contribution >= 0.6 is 0 Å². The summed E-state index contributed by atoms with van der Waals surface area (Å²) in [5.41, 5.74) is 8.04. The lowest BCUT2D eigenvalue weighted by Crippen LogP contribution is -2.50. The summed E-state index contributed by atoms with van der Waals surface area (Å²) in [5, 5.41) is 5.34. The third kappa shape index (κ3) is 3.54. The summed E-state index contributed by atoms with van der Waals surface area (Å²) >= 11 is 0. The number of rotatable bonds is 3. The zero-order valence-electron chi connectivity index (χ0n) is 20.9. The van der Waals surface area contributed by atoms with Gasteiger partial charge in [0, 0.05) is 16.7 Å². The highest BCUT2D eigenvalue weighted by Gasteiger charge is 2.42. The highest BCUT2D eigenvalue weighted by molar-refractivity contribution is 7.04. The Morgan fingerprint density at radius 3 is 1.68 bits per heavy atom. The van der Waals surface area contributed by atoms with E-state index in [-0.39, 0.29) is 0 Å². The van der Waals surface area contributed by atoms with E-state index in [4.69, 9.17) is 9.97 Å². The number of benzene rings is 5. The number of hydrogen-bond donors (Lipinski definition) is 0. The van der Waals surface area contributed by atoms with Gasteiger partial charge in [-0.1, -0.05) is 128 Å². The van der Waals surface area contributed by atoms with Crippen molar-refractivity contribution in [1.29, 1.82) is 0 Å². The van der Waals surface area contributed by atoms with Gasteiger partial charge in [-0.2, -0.15) is 0 Å². The Bertz CT molecular complexity index is 1770. The molecule has 0 fully saturated rings. The number of nitrogens with zero attached hydrogens (tertiary/aromatic N) is 2. The Labute approximate surface area is 218 Å². The van der Waals surface area contributed by atoms with Crippen molar-refractivity contribution in [3.8, 4) is 45.0 Å². The average Bonchev–Trinajstić information content (AvgIpc) is 3.18. The first-order valence-corrected chi connectivity index (χ1v) is 15.8. The molecule has 0 amide bonds. The van der Waals surface area contributed by atoms with E-state index in [0.717, 1.165) is 28.3 Å². The highest BCUT2D eigenvalue weighted by Crippen LogP contribution is 2.35. The average molecular weight is 491 g/mol. The Balaban J connectivity index is 1.46. The first-order valence-electron chi connectivity index (χ1n) is 12.8. The fourth-order valence-corrected chi connectivity index (χ4v) is 8.94. The van der Waals surface area contributed by atoms with Crippen molar-refractivity contribution in [3.05, 3.63) is 121 Å². The van der Waals surface area contributed by atoms with E-state index in [9.17, 15) is 0 Å². The second kappa shape index (κ2) is 8.36. The third-order valence-electron chi connectivity index (χ3n) is 7.65. The lowest BCUT2D eigenvalue weighted by Gasteiger charge is -2.22. The predicted molar refractivity (Wildman–Crippen MR) is 158 cm³/mol. The van der Waals surface area contributed by atoms with E-state index in [1.54, 1.807) is 0 Å². The molecule has 1 aromatic heterocycles. The molecule has 1 aliphatic heterocycles. The summed E-state index contributed by atoms with van der Waals surface area (Å²) in [7, 11) is -2.03. The van der Waals surface area contributed by atoms with Gasteiger partial charge in [0.05, 0.1) is 11.4 Å². The van der Waals surface area contributed by atoms with Gasteiger partial charge < -0.3 is 0 Å². The normalized spacial score (nSPS) is 13.4. The summed E-state index contributed by atoms with van der Waals surface area (Å²) in [5.74, 6) is 0.781. The molecule has 5 aromatic carbocycles. The van der Waals surface area contributed by atoms with Crippen molar-refractivity contribution in [2.75, 3.05) is 0 Å². The summed E-state index contributed by atoms with van der Waals surface area (Å²) in [4.78, 5) is 10.5. The maximum atomic E-state index is 5.28. The van der Waals surface area contributed by atoms with Gasteiger partial charge in [-0.05, 0) is 38.3 Å². The predicted octanol–water partition coefficient (Wildman–Crippen LogP) is 7.43. The lowest BCUT2D eigenvalue weighted by atomic mass is 10.0. The number of fused-ring (bicyclic) bond motifs is 4. The van der Waals surface area contributed by atoms with Crippen LogP contribution in [0.2, 0.25) is 13.1 Å². The molecule has 0 saturated carbocycles. The van der Waals surface area contributed by atoms with Gasteiger partial charge in [0.15, 0.2) is 5.82 Å². The van der Waals surface area contributed by atoms with Gasteiger partial charge in [0.2, 0.25) is 0 Å². The van der Waals surface area contributed by atoms with Crippen LogP contribution < -0.4 is 10.4 Å². The minimum atomic E-state index is -2.03. The molecule has 2 nitrogen and oxygen atoms in total. The fourth-order valence-electron chi connectivity index (χ4n) is 5.71. The van der Waals surface area contributed by atoms with Crippen molar-refractivity contribution in [2.24, 2.45) is 0 Å². The monoisotopic (exact) mass is 490 g/mol. The Hall–Kier alpha value is -4.34. The minimum absolute atomic E-state index is 0.781. The Morgan fingerprint density at radius 1 is 0.486 bits per heavy atom. The zero-order valence-corrected chi connectivity index (χ0v) is 21.9. The van der Waals surface area contributed by atoms with Crippen LogP contribution in [0, 0.1) is 0 Å². The molecule has 0 saturated heterocycles. The van der Waals surface area contributed by atoms with Crippen LogP contribution in [0.3, 0.4) is 0 Å². The van der Waals surface area contributed by atoms with Crippen LogP contribution in [0.1, 0.15) is 0 Å². The fraction of sp³-hybridized carbons (Fsp3) is 0.0588. The quantitative estimate of drug-likeness (QED) is 0.241. The zero-order chi connectivity index (χ0) is 25.0. The highest BCUT2D eigenvalue weighted by atomic mass is 28.3. The van der Waals surface area contributed by atoms with Crippen LogP contribution in [0.25, 0.3) is 55.8 Å². The molecule has 0 N–H and O–H groups in total. The van der Waals surface area contributed by atoms with Crippen molar-refractivity contribution in [3.63, 3.8) is 0 Å². The van der Waals surface area contributed by atoms with Gasteiger partial charge in [0.1, 0.15) is 8.07 Å². The van der Waals surface area contributed by atoms with E-state index in [2.05, 4.69) is 128 Å². The van der Waals surface area contributed by atoms with Crippen molar-refractivity contribution in [2.45, 2.75) is 13.1 Å². The molecule has 7 rings (SSSR count). The molecule has 37 heavy (non-hydrogen) atoms. The molecule has 6 aromatic rings. The van der Waals surface area contributed by atoms with Crippen molar-refractivity contribution < 1.29 is 0 Å². The van der Waals surface area contributed by atoms with Crippen LogP contribution in [0.15, 0.2) is 121 Å². The topological polar surface area (TPSA) is 25.8 Å². The van der Waals surface area contributed by atoms with Gasteiger partial charge in [0.25, 0.3) is 0 Å². The molecule has 0 bridgehead atoms. The summed E-state index contributed by atoms with van der Waals surface area (Å²) < 4.78 is 0. The molecule has 0 radical (unpaired) electrons. The van der Waals surface area contributed by atoms with E-state index in [1.165, 1.54) is 37.8 Å². The lowest BCUT2D eigenvalue weighted by molar-refractivity contribution is 1.20. The second-order valence-electron chi connectivity index (χ2n) is 10.3. The summed E-state index contributed by atoms with van der Waals surface area (Å²) in [6.07, 6.45) is 0. The number of hydrogen-bond acceptors (Lipinski definition) is 2. The Morgan fingerprint density at radius 2 is 1.00 bits per heavy atom. The van der Waals surface area contributed by atoms with E-state index >= 15 is 0 Å². The van der Waals surface area contributed by atoms with Gasteiger partial charge in [-0.3, -0.25) is 0 Å². The second-order valence-corrected chi connectivity index (χ2v) is 14.6. The van der Waals surface area contributed by atoms with Gasteiger partial charge in [-0.25, -0.2) is 9.97 Å². The molecule has 0 atom stereocenters. The number of aromatic nitrogens is 2. The molecule has 3 heteroatoms. The maximum absolute atomic E-state index is 5.28. The van der Waals surface area contributed by atoms with Crippen LogP contribution in [-0.4, -0.2) is 18.0 Å². The van der Waals surface area contributed by atoms with Crippen molar-refractivity contribution in [1.82, 2.24) is 9.97 Å². The first-order chi connectivity index (χ1) is 18.1. The van der Waals surface area contributed by atoms with E-state index in [0.29, 0.717) is 0 Å². The molecule has 0 aliphatic carbocycles. The standard InChI is InChI=1S/C34H26N2Si/c1-37(2)30-22-28-16-10-9-15-27(28)21-29(30)32-33(37)31(25-13-7-4-8-14-25)35-34(36-32)26-19-17-24(18-20-26)23-11-5-3-6-12-23/h3-22H,1-2H3. The SMILES string of the molecule is C[Si]1(C)c2cc3ccccc3cc2-c2nc(-c3ccc(-c4ccccc4)cc3)nc(-c3ccccc3)c21.